The van der Waals surface area contributed by atoms with E-state index in [1.165, 1.54) is 0 Å². The predicted octanol–water partition coefficient (Wildman–Crippen LogP) is 4.72. The molecule has 232 valence electrons. The molecular weight excluding hydrogens is 536 g/mol. The van der Waals surface area contributed by atoms with E-state index in [1.807, 2.05) is 58.0 Å². The van der Waals surface area contributed by atoms with Gasteiger partial charge in [-0.05, 0) is 75.6 Å². The number of amides is 3. The van der Waals surface area contributed by atoms with Crippen molar-refractivity contribution < 1.29 is 28.9 Å². The Morgan fingerprint density at radius 2 is 1.86 bits per heavy atom. The summed E-state index contributed by atoms with van der Waals surface area (Å²) >= 11 is 0. The molecule has 2 aromatic rings. The van der Waals surface area contributed by atoms with Gasteiger partial charge in [-0.1, -0.05) is 6.92 Å². The van der Waals surface area contributed by atoms with Gasteiger partial charge in [-0.2, -0.15) is 0 Å². The van der Waals surface area contributed by atoms with E-state index in [0.717, 1.165) is 24.9 Å². The van der Waals surface area contributed by atoms with Crippen LogP contribution in [-0.4, -0.2) is 99.7 Å². The summed E-state index contributed by atoms with van der Waals surface area (Å²) in [6, 6.07) is 12.1. The average molecular weight is 585 g/mol. The standard InChI is InChI=1S/C32H48N4O6/c1-22-19-36(23(2)21-37)31(38)28-18-26(34(4)5)13-16-29(28)42-24(3)10-8-9-17-41-30(22)20-35(6)32(39)33-25-11-14-27(40-7)15-12-25/h11-16,18,22-24,30,37H,8-10,17,19-21H2,1-7H3,(H,33,39)/t22-,23+,24-,30+/m1/s1. The van der Waals surface area contributed by atoms with Crippen LogP contribution in [0.15, 0.2) is 42.5 Å². The van der Waals surface area contributed by atoms with Gasteiger partial charge < -0.3 is 39.3 Å². The summed E-state index contributed by atoms with van der Waals surface area (Å²) in [5, 5.41) is 13.0. The third kappa shape index (κ3) is 9.00. The fraction of sp³-hybridized carbons (Fsp3) is 0.562. The summed E-state index contributed by atoms with van der Waals surface area (Å²) in [6.45, 7) is 6.87. The number of likely N-dealkylation sites (N-methyl/N-ethyl adjacent to an activating group) is 1. The third-order valence-corrected chi connectivity index (χ3v) is 7.69. The molecule has 0 spiro atoms. The van der Waals surface area contributed by atoms with E-state index < -0.39 is 6.04 Å². The Morgan fingerprint density at radius 3 is 2.50 bits per heavy atom. The molecule has 1 aliphatic heterocycles. The van der Waals surface area contributed by atoms with E-state index in [-0.39, 0.29) is 36.7 Å². The van der Waals surface area contributed by atoms with Crippen LogP contribution in [0.5, 0.6) is 11.5 Å². The second-order valence-corrected chi connectivity index (χ2v) is 11.4. The summed E-state index contributed by atoms with van der Waals surface area (Å²) in [7, 11) is 7.19. The SMILES string of the molecule is COc1ccc(NC(=O)N(C)C[C@@H]2OCCCC[C@@H](C)Oc3ccc(N(C)C)cc3C(=O)N([C@@H](C)CO)C[C@H]2C)cc1. The highest BCUT2D eigenvalue weighted by Crippen LogP contribution is 2.29. The van der Waals surface area contributed by atoms with Crippen LogP contribution in [0, 0.1) is 5.92 Å². The number of anilines is 2. The minimum atomic E-state index is -0.433. The van der Waals surface area contributed by atoms with Gasteiger partial charge in [-0.3, -0.25) is 4.79 Å². The molecule has 0 bridgehead atoms. The molecule has 0 aliphatic carbocycles. The third-order valence-electron chi connectivity index (χ3n) is 7.69. The number of nitrogens with one attached hydrogen (secondary N) is 1. The minimum absolute atomic E-state index is 0.0871. The van der Waals surface area contributed by atoms with Crippen LogP contribution in [0.3, 0.4) is 0 Å². The first kappa shape index (κ1) is 33.0. The molecular formula is C32H48N4O6. The van der Waals surface area contributed by atoms with E-state index in [4.69, 9.17) is 14.2 Å². The topological polar surface area (TPSA) is 104 Å². The zero-order valence-electron chi connectivity index (χ0n) is 26.1. The van der Waals surface area contributed by atoms with Crippen LogP contribution >= 0.6 is 0 Å². The van der Waals surface area contributed by atoms with Crippen molar-refractivity contribution in [3.63, 3.8) is 0 Å². The Balaban J connectivity index is 1.86. The lowest BCUT2D eigenvalue weighted by Gasteiger charge is -2.36. The molecule has 1 aliphatic rings. The fourth-order valence-electron chi connectivity index (χ4n) is 4.90. The first-order valence-corrected chi connectivity index (χ1v) is 14.7. The van der Waals surface area contributed by atoms with E-state index in [0.29, 0.717) is 42.4 Å². The molecule has 4 atom stereocenters. The number of urea groups is 1. The van der Waals surface area contributed by atoms with Crippen molar-refractivity contribution in [2.24, 2.45) is 5.92 Å². The van der Waals surface area contributed by atoms with E-state index in [1.54, 1.807) is 48.2 Å². The Bertz CT molecular complexity index is 1160. The van der Waals surface area contributed by atoms with Gasteiger partial charge in [0.25, 0.3) is 5.91 Å². The summed E-state index contributed by atoms with van der Waals surface area (Å²) < 4.78 is 17.8. The zero-order chi connectivity index (χ0) is 30.8. The minimum Gasteiger partial charge on any atom is -0.497 e. The number of methoxy groups -OCH3 is 1. The van der Waals surface area contributed by atoms with Crippen molar-refractivity contribution >= 4 is 23.3 Å². The lowest BCUT2D eigenvalue weighted by Crippen LogP contribution is -2.48. The second kappa shape index (κ2) is 15.7. The largest absolute Gasteiger partial charge is 0.497 e. The number of aliphatic hydroxyl groups is 1. The maximum Gasteiger partial charge on any atom is 0.321 e. The Kier molecular flexibility index (Phi) is 12.3. The molecule has 3 rings (SSSR count). The van der Waals surface area contributed by atoms with E-state index >= 15 is 0 Å². The number of benzene rings is 2. The number of aliphatic hydroxyl groups excluding tert-OH is 1. The first-order valence-electron chi connectivity index (χ1n) is 14.7. The molecule has 0 fully saturated rings. The van der Waals surface area contributed by atoms with Crippen LogP contribution < -0.4 is 19.7 Å². The highest BCUT2D eigenvalue weighted by molar-refractivity contribution is 5.98. The van der Waals surface area contributed by atoms with Crippen LogP contribution in [0.4, 0.5) is 16.2 Å². The molecule has 2 N–H and O–H groups in total. The molecule has 0 aromatic heterocycles. The van der Waals surface area contributed by atoms with Crippen LogP contribution in [0.25, 0.3) is 0 Å². The number of rotatable bonds is 7. The van der Waals surface area contributed by atoms with Gasteiger partial charge in [0.05, 0.1) is 37.5 Å². The maximum atomic E-state index is 14.1. The second-order valence-electron chi connectivity index (χ2n) is 11.4. The van der Waals surface area contributed by atoms with E-state index in [2.05, 4.69) is 5.32 Å². The molecule has 42 heavy (non-hydrogen) atoms. The molecule has 10 heteroatoms. The Labute approximate surface area is 250 Å². The fourth-order valence-corrected chi connectivity index (χ4v) is 4.90. The quantitative estimate of drug-likeness (QED) is 0.485. The zero-order valence-corrected chi connectivity index (χ0v) is 26.1. The van der Waals surface area contributed by atoms with Crippen molar-refractivity contribution in [2.45, 2.75) is 58.3 Å². The van der Waals surface area contributed by atoms with Crippen LogP contribution in [0.2, 0.25) is 0 Å². The number of fused-ring (bicyclic) bond motifs is 1. The van der Waals surface area contributed by atoms with Gasteiger partial charge in [0.2, 0.25) is 0 Å². The summed E-state index contributed by atoms with van der Waals surface area (Å²) in [5.41, 5.74) is 2.01. The van der Waals surface area contributed by atoms with Gasteiger partial charge in [-0.25, -0.2) is 4.79 Å². The predicted molar refractivity (Wildman–Crippen MR) is 166 cm³/mol. The van der Waals surface area contributed by atoms with Gasteiger partial charge in [0.1, 0.15) is 11.5 Å². The summed E-state index contributed by atoms with van der Waals surface area (Å²) in [4.78, 5) is 32.4. The molecule has 0 unspecified atom stereocenters. The molecule has 10 nitrogen and oxygen atoms in total. The molecule has 0 saturated heterocycles. The van der Waals surface area contributed by atoms with Crippen molar-refractivity contribution in [3.8, 4) is 11.5 Å². The smallest absolute Gasteiger partial charge is 0.321 e. The normalized spacial score (nSPS) is 20.9. The monoisotopic (exact) mass is 584 g/mol. The number of hydrogen-bond acceptors (Lipinski definition) is 7. The van der Waals surface area contributed by atoms with Gasteiger partial charge in [0, 0.05) is 58.1 Å². The lowest BCUT2D eigenvalue weighted by atomic mass is 10.0. The lowest BCUT2D eigenvalue weighted by molar-refractivity contribution is -0.0115. The number of nitrogens with zero attached hydrogens (tertiary/aromatic N) is 3. The van der Waals surface area contributed by atoms with Gasteiger partial charge in [-0.15, -0.1) is 0 Å². The first-order chi connectivity index (χ1) is 20.0. The maximum absolute atomic E-state index is 14.1. The van der Waals surface area contributed by atoms with Gasteiger partial charge in [0.15, 0.2) is 0 Å². The molecule has 2 aromatic carbocycles. The van der Waals surface area contributed by atoms with Crippen molar-refractivity contribution in [1.82, 2.24) is 9.80 Å². The average Bonchev–Trinajstić information content (AvgIpc) is 2.98. The van der Waals surface area contributed by atoms with E-state index in [9.17, 15) is 14.7 Å². The van der Waals surface area contributed by atoms with Crippen molar-refractivity contribution in [2.75, 3.05) is 64.8 Å². The Morgan fingerprint density at radius 1 is 1.14 bits per heavy atom. The molecule has 1 heterocycles. The number of carbonyl (C=O) groups is 2. The van der Waals surface area contributed by atoms with Gasteiger partial charge >= 0.3 is 6.03 Å². The highest BCUT2D eigenvalue weighted by atomic mass is 16.5. The van der Waals surface area contributed by atoms with Crippen molar-refractivity contribution in [1.29, 1.82) is 0 Å². The van der Waals surface area contributed by atoms with Crippen molar-refractivity contribution in [3.05, 3.63) is 48.0 Å². The number of ether oxygens (including phenoxy) is 3. The molecule has 3 amide bonds. The number of hydrogen-bond donors (Lipinski definition) is 2. The summed E-state index contributed by atoms with van der Waals surface area (Å²) in [6.07, 6.45) is 2.15. The van der Waals surface area contributed by atoms with Crippen LogP contribution in [-0.2, 0) is 4.74 Å². The summed E-state index contributed by atoms with van der Waals surface area (Å²) in [5.74, 6) is 0.903. The molecule has 0 saturated carbocycles. The Hall–Kier alpha value is -3.50. The number of carbonyl (C=O) groups excluding carboxylic acids is 2. The van der Waals surface area contributed by atoms with Crippen LogP contribution in [0.1, 0.15) is 50.4 Å². The highest BCUT2D eigenvalue weighted by Gasteiger charge is 2.31. The molecule has 0 radical (unpaired) electrons.